The van der Waals surface area contributed by atoms with Gasteiger partial charge >= 0.3 is 0 Å². The summed E-state index contributed by atoms with van der Waals surface area (Å²) in [5, 5.41) is 10.1. The number of benzene rings is 9. The van der Waals surface area contributed by atoms with E-state index in [4.69, 9.17) is 0 Å². The Morgan fingerprint density at radius 1 is 0.380 bits per heavy atom. The predicted octanol–water partition coefficient (Wildman–Crippen LogP) is 13.7. The quantitative estimate of drug-likeness (QED) is 0.174. The summed E-state index contributed by atoms with van der Waals surface area (Å²) in [6, 6.07) is 65.1. The van der Waals surface area contributed by atoms with Gasteiger partial charge in [-0.3, -0.25) is 0 Å². The van der Waals surface area contributed by atoms with E-state index >= 15 is 0 Å². The topological polar surface area (TPSA) is 3.24 Å². The molecule has 0 spiro atoms. The van der Waals surface area contributed by atoms with Crippen molar-refractivity contribution < 1.29 is 0 Å². The van der Waals surface area contributed by atoms with Crippen molar-refractivity contribution in [2.75, 3.05) is 4.90 Å². The van der Waals surface area contributed by atoms with Crippen LogP contribution in [0.15, 0.2) is 176 Å². The number of hydrogen-bond acceptors (Lipinski definition) is 1. The SMILES string of the molecule is CC1(C)c2ccccc2-c2c(N(c3cccc(-c4ccc5ccccc5c4)c3)c3cc4c5ccccc5ccc4c4ccccc34)cccc21. The molecule has 0 bridgehead atoms. The van der Waals surface area contributed by atoms with E-state index in [9.17, 15) is 0 Å². The van der Waals surface area contributed by atoms with Gasteiger partial charge in [0.2, 0.25) is 0 Å². The minimum absolute atomic E-state index is 0.109. The van der Waals surface area contributed by atoms with Crippen LogP contribution in [0.2, 0.25) is 0 Å². The lowest BCUT2D eigenvalue weighted by molar-refractivity contribution is 0.660. The van der Waals surface area contributed by atoms with E-state index in [1.807, 2.05) is 0 Å². The van der Waals surface area contributed by atoms with Gasteiger partial charge in [-0.2, -0.15) is 0 Å². The van der Waals surface area contributed by atoms with Crippen LogP contribution in [0, 0.1) is 0 Å². The third-order valence-corrected chi connectivity index (χ3v) is 11.0. The van der Waals surface area contributed by atoms with Crippen LogP contribution in [0.25, 0.3) is 65.3 Å². The maximum absolute atomic E-state index is 2.53. The standard InChI is InChI=1S/C49H35N/c1-49(2)44-22-10-9-21-42(44)48-45(49)23-12-24-46(48)50(37-17-11-16-35(30-37)36-26-25-32-13-3-4-15-34(32)29-36)47-31-43-38-18-6-5-14-33(38)27-28-40(43)39-19-7-8-20-41(39)47/h3-31H,1-2H3. The van der Waals surface area contributed by atoms with E-state index in [1.54, 1.807) is 0 Å². The summed E-state index contributed by atoms with van der Waals surface area (Å²) < 4.78 is 0. The Balaban J connectivity index is 1.30. The van der Waals surface area contributed by atoms with Gasteiger partial charge < -0.3 is 4.90 Å². The van der Waals surface area contributed by atoms with E-state index < -0.39 is 0 Å². The minimum Gasteiger partial charge on any atom is -0.309 e. The Hall–Kier alpha value is -6.18. The van der Waals surface area contributed by atoms with Gasteiger partial charge in [-0.1, -0.05) is 159 Å². The van der Waals surface area contributed by atoms with Crippen LogP contribution in [0.1, 0.15) is 25.0 Å². The predicted molar refractivity (Wildman–Crippen MR) is 214 cm³/mol. The van der Waals surface area contributed by atoms with Crippen molar-refractivity contribution in [1.29, 1.82) is 0 Å². The first kappa shape index (κ1) is 28.8. The summed E-state index contributed by atoms with van der Waals surface area (Å²) in [4.78, 5) is 2.53. The molecule has 0 N–H and O–H groups in total. The fourth-order valence-electron chi connectivity index (χ4n) is 8.55. The average molecular weight is 638 g/mol. The monoisotopic (exact) mass is 637 g/mol. The minimum atomic E-state index is -0.109. The third-order valence-electron chi connectivity index (χ3n) is 11.0. The van der Waals surface area contributed by atoms with E-state index in [1.165, 1.54) is 87.8 Å². The second kappa shape index (κ2) is 10.9. The molecule has 0 radical (unpaired) electrons. The van der Waals surface area contributed by atoms with Crippen LogP contribution < -0.4 is 4.90 Å². The van der Waals surface area contributed by atoms with Crippen molar-refractivity contribution in [3.63, 3.8) is 0 Å². The summed E-state index contributed by atoms with van der Waals surface area (Å²) in [6.07, 6.45) is 0. The smallest absolute Gasteiger partial charge is 0.0546 e. The summed E-state index contributed by atoms with van der Waals surface area (Å²) in [6.45, 7) is 4.73. The van der Waals surface area contributed by atoms with Crippen LogP contribution in [0.5, 0.6) is 0 Å². The first-order chi connectivity index (χ1) is 24.6. The van der Waals surface area contributed by atoms with E-state index in [2.05, 4.69) is 195 Å². The molecule has 0 aromatic heterocycles. The molecule has 0 unspecified atom stereocenters. The molecule has 0 atom stereocenters. The number of anilines is 3. The number of nitrogens with zero attached hydrogens (tertiary/aromatic N) is 1. The molecule has 0 amide bonds. The van der Waals surface area contributed by atoms with Crippen molar-refractivity contribution in [2.24, 2.45) is 0 Å². The highest BCUT2D eigenvalue weighted by Crippen LogP contribution is 2.55. The molecule has 50 heavy (non-hydrogen) atoms. The zero-order valence-electron chi connectivity index (χ0n) is 28.2. The Morgan fingerprint density at radius 2 is 1.02 bits per heavy atom. The Morgan fingerprint density at radius 3 is 1.90 bits per heavy atom. The summed E-state index contributed by atoms with van der Waals surface area (Å²) in [7, 11) is 0. The van der Waals surface area contributed by atoms with Crippen molar-refractivity contribution >= 4 is 60.2 Å². The molecule has 0 saturated carbocycles. The molecule has 236 valence electrons. The molecule has 0 saturated heterocycles. The number of fused-ring (bicyclic) bond motifs is 9. The molecule has 1 heteroatoms. The molecule has 9 aromatic rings. The molecule has 0 fully saturated rings. The van der Waals surface area contributed by atoms with E-state index in [0.29, 0.717) is 0 Å². The molecule has 10 rings (SSSR count). The summed E-state index contributed by atoms with van der Waals surface area (Å²) in [5.74, 6) is 0. The van der Waals surface area contributed by atoms with Crippen molar-refractivity contribution in [3.05, 3.63) is 187 Å². The molecule has 9 aromatic carbocycles. The van der Waals surface area contributed by atoms with Gasteiger partial charge in [-0.15, -0.1) is 0 Å². The van der Waals surface area contributed by atoms with Crippen LogP contribution >= 0.6 is 0 Å². The Bertz CT molecular complexity index is 2800. The van der Waals surface area contributed by atoms with Crippen LogP contribution in [0.3, 0.4) is 0 Å². The molecule has 1 aliphatic carbocycles. The van der Waals surface area contributed by atoms with Crippen molar-refractivity contribution in [3.8, 4) is 22.3 Å². The van der Waals surface area contributed by atoms with Gasteiger partial charge in [0.15, 0.2) is 0 Å². The van der Waals surface area contributed by atoms with Crippen LogP contribution in [-0.2, 0) is 5.41 Å². The highest BCUT2D eigenvalue weighted by atomic mass is 15.1. The zero-order chi connectivity index (χ0) is 33.4. The molecule has 1 nitrogen and oxygen atoms in total. The summed E-state index contributed by atoms with van der Waals surface area (Å²) in [5.41, 5.74) is 11.2. The van der Waals surface area contributed by atoms with E-state index in [0.717, 1.165) is 5.69 Å². The van der Waals surface area contributed by atoms with Gasteiger partial charge in [0.25, 0.3) is 0 Å². The van der Waals surface area contributed by atoms with Crippen LogP contribution in [0.4, 0.5) is 17.1 Å². The van der Waals surface area contributed by atoms with Gasteiger partial charge in [0.05, 0.1) is 11.4 Å². The zero-order valence-corrected chi connectivity index (χ0v) is 28.2. The largest absolute Gasteiger partial charge is 0.309 e. The van der Waals surface area contributed by atoms with Gasteiger partial charge in [-0.25, -0.2) is 0 Å². The molecule has 0 aliphatic heterocycles. The molecule has 0 heterocycles. The third kappa shape index (κ3) is 4.27. The maximum Gasteiger partial charge on any atom is 0.0546 e. The number of hydrogen-bond donors (Lipinski definition) is 0. The maximum atomic E-state index is 2.53. The number of rotatable bonds is 4. The molecule has 1 aliphatic rings. The summed E-state index contributed by atoms with van der Waals surface area (Å²) >= 11 is 0. The van der Waals surface area contributed by atoms with E-state index in [-0.39, 0.29) is 5.41 Å². The lowest BCUT2D eigenvalue weighted by Gasteiger charge is -2.30. The first-order valence-corrected chi connectivity index (χ1v) is 17.5. The second-order valence-electron chi connectivity index (χ2n) is 14.1. The average Bonchev–Trinajstić information content (AvgIpc) is 3.41. The Labute approximate surface area is 292 Å². The second-order valence-corrected chi connectivity index (χ2v) is 14.1. The van der Waals surface area contributed by atoms with Gasteiger partial charge in [0.1, 0.15) is 0 Å². The molecular formula is C49H35N. The lowest BCUT2D eigenvalue weighted by Crippen LogP contribution is -2.16. The molecular weight excluding hydrogens is 603 g/mol. The Kier molecular flexibility index (Phi) is 6.29. The van der Waals surface area contributed by atoms with Gasteiger partial charge in [-0.05, 0) is 95.9 Å². The lowest BCUT2D eigenvalue weighted by atomic mass is 9.82. The van der Waals surface area contributed by atoms with Crippen molar-refractivity contribution in [2.45, 2.75) is 19.3 Å². The fraction of sp³-hybridized carbons (Fsp3) is 0.0612. The highest BCUT2D eigenvalue weighted by Gasteiger charge is 2.38. The van der Waals surface area contributed by atoms with Gasteiger partial charge in [0, 0.05) is 22.1 Å². The van der Waals surface area contributed by atoms with Crippen molar-refractivity contribution in [1.82, 2.24) is 0 Å². The first-order valence-electron chi connectivity index (χ1n) is 17.5. The normalized spacial score (nSPS) is 13.2. The van der Waals surface area contributed by atoms with Crippen LogP contribution in [-0.4, -0.2) is 0 Å². The fourth-order valence-corrected chi connectivity index (χ4v) is 8.55. The highest BCUT2D eigenvalue weighted by molar-refractivity contribution is 6.21.